The first-order valence-corrected chi connectivity index (χ1v) is 4.63. The van der Waals surface area contributed by atoms with Gasteiger partial charge in [0.05, 0.1) is 12.0 Å². The van der Waals surface area contributed by atoms with Gasteiger partial charge < -0.3 is 10.3 Å². The first kappa shape index (κ1) is 11.8. The zero-order valence-corrected chi connectivity index (χ0v) is 9.15. The lowest BCUT2D eigenvalue weighted by molar-refractivity contribution is 0.796. The number of rotatable bonds is 3. The van der Waals surface area contributed by atoms with Crippen LogP contribution in [0.25, 0.3) is 0 Å². The Morgan fingerprint density at radius 3 is 2.53 bits per heavy atom. The molecule has 0 aliphatic carbocycles. The highest BCUT2D eigenvalue weighted by Gasteiger charge is 1.96. The molecule has 1 heterocycles. The van der Waals surface area contributed by atoms with Gasteiger partial charge in [0.1, 0.15) is 0 Å². The minimum absolute atomic E-state index is 0. The van der Waals surface area contributed by atoms with Crippen LogP contribution in [0.1, 0.15) is 11.3 Å². The van der Waals surface area contributed by atoms with Crippen LogP contribution in [-0.4, -0.2) is 9.55 Å². The Kier molecular flexibility index (Phi) is 4.34. The number of imidazole rings is 1. The maximum absolute atomic E-state index is 5.48. The van der Waals surface area contributed by atoms with E-state index in [2.05, 4.69) is 17.1 Å². The summed E-state index contributed by atoms with van der Waals surface area (Å²) in [7, 11) is 0. The molecule has 0 spiro atoms. The average molecular weight is 224 g/mol. The normalized spacial score (nSPS) is 9.67. The fourth-order valence-electron chi connectivity index (χ4n) is 1.39. The monoisotopic (exact) mass is 223 g/mol. The van der Waals surface area contributed by atoms with E-state index in [1.165, 1.54) is 5.56 Å². The molecule has 0 bridgehead atoms. The van der Waals surface area contributed by atoms with Gasteiger partial charge in [-0.2, -0.15) is 0 Å². The maximum Gasteiger partial charge on any atom is 0.0953 e. The molecule has 0 saturated heterocycles. The minimum atomic E-state index is 0. The van der Waals surface area contributed by atoms with Crippen molar-refractivity contribution >= 4 is 12.4 Å². The molecule has 2 rings (SSSR count). The van der Waals surface area contributed by atoms with Gasteiger partial charge in [0.2, 0.25) is 0 Å². The van der Waals surface area contributed by atoms with Gasteiger partial charge in [-0.15, -0.1) is 12.4 Å². The zero-order chi connectivity index (χ0) is 9.80. The average Bonchev–Trinajstić information content (AvgIpc) is 2.67. The van der Waals surface area contributed by atoms with E-state index in [-0.39, 0.29) is 12.4 Å². The molecule has 0 fully saturated rings. The van der Waals surface area contributed by atoms with E-state index in [1.807, 2.05) is 35.3 Å². The standard InChI is InChI=1S/C11H13N3.ClH/c12-6-11-8-14(9-13-11)7-10-4-2-1-3-5-10;/h1-5,8-9H,6-7,12H2;1H. The molecule has 1 aromatic carbocycles. The maximum atomic E-state index is 5.48. The molecule has 2 N–H and O–H groups in total. The van der Waals surface area contributed by atoms with Crippen molar-refractivity contribution in [3.63, 3.8) is 0 Å². The lowest BCUT2D eigenvalue weighted by atomic mass is 10.2. The van der Waals surface area contributed by atoms with Gasteiger partial charge in [-0.05, 0) is 5.56 Å². The van der Waals surface area contributed by atoms with E-state index in [4.69, 9.17) is 5.73 Å². The summed E-state index contributed by atoms with van der Waals surface area (Å²) in [6.07, 6.45) is 3.79. The number of nitrogens with zero attached hydrogens (tertiary/aromatic N) is 2. The van der Waals surface area contributed by atoms with Crippen molar-refractivity contribution in [1.82, 2.24) is 9.55 Å². The molecule has 0 saturated carbocycles. The van der Waals surface area contributed by atoms with Crippen LogP contribution in [0, 0.1) is 0 Å². The Labute approximate surface area is 95.4 Å². The van der Waals surface area contributed by atoms with E-state index < -0.39 is 0 Å². The fourth-order valence-corrected chi connectivity index (χ4v) is 1.39. The second-order valence-electron chi connectivity index (χ2n) is 3.23. The Hall–Kier alpha value is -1.32. The van der Waals surface area contributed by atoms with E-state index in [0.717, 1.165) is 12.2 Å². The topological polar surface area (TPSA) is 43.8 Å². The van der Waals surface area contributed by atoms with Gasteiger partial charge in [0.15, 0.2) is 0 Å². The van der Waals surface area contributed by atoms with Crippen LogP contribution in [0.3, 0.4) is 0 Å². The lowest BCUT2D eigenvalue weighted by Crippen LogP contribution is -1.97. The van der Waals surface area contributed by atoms with Crippen molar-refractivity contribution in [2.45, 2.75) is 13.1 Å². The highest BCUT2D eigenvalue weighted by molar-refractivity contribution is 5.85. The molecule has 0 aliphatic rings. The van der Waals surface area contributed by atoms with E-state index in [9.17, 15) is 0 Å². The predicted molar refractivity (Wildman–Crippen MR) is 62.9 cm³/mol. The summed E-state index contributed by atoms with van der Waals surface area (Å²) in [4.78, 5) is 4.17. The highest BCUT2D eigenvalue weighted by Crippen LogP contribution is 2.03. The van der Waals surface area contributed by atoms with Gasteiger partial charge >= 0.3 is 0 Å². The molecule has 1 aromatic heterocycles. The third-order valence-electron chi connectivity index (χ3n) is 2.10. The molecule has 0 amide bonds. The Bertz CT molecular complexity index is 397. The molecule has 0 aliphatic heterocycles. The number of hydrogen-bond acceptors (Lipinski definition) is 2. The van der Waals surface area contributed by atoms with Gasteiger partial charge in [0.25, 0.3) is 0 Å². The smallest absolute Gasteiger partial charge is 0.0953 e. The largest absolute Gasteiger partial charge is 0.333 e. The molecule has 2 aromatic rings. The van der Waals surface area contributed by atoms with Crippen molar-refractivity contribution in [1.29, 1.82) is 0 Å². The number of aromatic nitrogens is 2. The van der Waals surface area contributed by atoms with E-state index in [0.29, 0.717) is 6.54 Å². The van der Waals surface area contributed by atoms with Crippen LogP contribution in [0.5, 0.6) is 0 Å². The number of halogens is 1. The summed E-state index contributed by atoms with van der Waals surface area (Å²) < 4.78 is 2.04. The van der Waals surface area contributed by atoms with Crippen LogP contribution >= 0.6 is 12.4 Å². The van der Waals surface area contributed by atoms with E-state index >= 15 is 0 Å². The van der Waals surface area contributed by atoms with Crippen LogP contribution < -0.4 is 5.73 Å². The lowest BCUT2D eigenvalue weighted by Gasteiger charge is -2.00. The Morgan fingerprint density at radius 1 is 1.20 bits per heavy atom. The van der Waals surface area contributed by atoms with Crippen LogP contribution in [0.15, 0.2) is 42.9 Å². The number of hydrogen-bond donors (Lipinski definition) is 1. The van der Waals surface area contributed by atoms with Gasteiger partial charge in [0, 0.05) is 19.3 Å². The second-order valence-corrected chi connectivity index (χ2v) is 3.23. The Morgan fingerprint density at radius 2 is 1.93 bits per heavy atom. The van der Waals surface area contributed by atoms with E-state index in [1.54, 1.807) is 0 Å². The molecular formula is C11H14ClN3. The summed E-state index contributed by atoms with van der Waals surface area (Å²) in [5.41, 5.74) is 7.68. The van der Waals surface area contributed by atoms with Gasteiger partial charge in [-0.1, -0.05) is 30.3 Å². The minimum Gasteiger partial charge on any atom is -0.333 e. The predicted octanol–water partition coefficient (Wildman–Crippen LogP) is 1.81. The second kappa shape index (κ2) is 5.53. The summed E-state index contributed by atoms with van der Waals surface area (Å²) in [5.74, 6) is 0. The number of benzene rings is 1. The van der Waals surface area contributed by atoms with Crippen molar-refractivity contribution in [3.8, 4) is 0 Å². The summed E-state index contributed by atoms with van der Waals surface area (Å²) in [6.45, 7) is 1.36. The van der Waals surface area contributed by atoms with Crippen molar-refractivity contribution < 1.29 is 0 Å². The molecule has 4 heteroatoms. The molecule has 0 unspecified atom stereocenters. The Balaban J connectivity index is 0.00000112. The molecule has 3 nitrogen and oxygen atoms in total. The molecule has 0 atom stereocenters. The fraction of sp³-hybridized carbons (Fsp3) is 0.182. The molecule has 15 heavy (non-hydrogen) atoms. The van der Waals surface area contributed by atoms with Gasteiger partial charge in [-0.3, -0.25) is 0 Å². The summed E-state index contributed by atoms with van der Waals surface area (Å²) >= 11 is 0. The first-order chi connectivity index (χ1) is 6.88. The molecule has 80 valence electrons. The number of nitrogens with two attached hydrogens (primary N) is 1. The SMILES string of the molecule is Cl.NCc1cn(Cc2ccccc2)cn1. The third-order valence-corrected chi connectivity index (χ3v) is 2.10. The van der Waals surface area contributed by atoms with Crippen molar-refractivity contribution in [3.05, 3.63) is 54.1 Å². The van der Waals surface area contributed by atoms with Crippen molar-refractivity contribution in [2.75, 3.05) is 0 Å². The quantitative estimate of drug-likeness (QED) is 0.863. The molecule has 0 radical (unpaired) electrons. The highest BCUT2D eigenvalue weighted by atomic mass is 35.5. The van der Waals surface area contributed by atoms with Crippen LogP contribution in [-0.2, 0) is 13.1 Å². The van der Waals surface area contributed by atoms with Crippen LogP contribution in [0.4, 0.5) is 0 Å². The zero-order valence-electron chi connectivity index (χ0n) is 8.34. The summed E-state index contributed by atoms with van der Waals surface area (Å²) in [5, 5.41) is 0. The van der Waals surface area contributed by atoms with Crippen LogP contribution in [0.2, 0.25) is 0 Å². The third kappa shape index (κ3) is 3.08. The summed E-state index contributed by atoms with van der Waals surface area (Å²) in [6, 6.07) is 10.3. The first-order valence-electron chi connectivity index (χ1n) is 4.63. The molecular weight excluding hydrogens is 210 g/mol. The van der Waals surface area contributed by atoms with Crippen molar-refractivity contribution in [2.24, 2.45) is 5.73 Å². The van der Waals surface area contributed by atoms with Gasteiger partial charge in [-0.25, -0.2) is 4.98 Å².